The summed E-state index contributed by atoms with van der Waals surface area (Å²) in [6.07, 6.45) is 0.721. The van der Waals surface area contributed by atoms with Crippen LogP contribution in [0, 0.1) is 5.82 Å². The zero-order valence-electron chi connectivity index (χ0n) is 14.4. The van der Waals surface area contributed by atoms with Crippen molar-refractivity contribution in [2.24, 2.45) is 0 Å². The number of carbonyl (C=O) groups excluding carboxylic acids is 1. The first-order chi connectivity index (χ1) is 11.5. The molecule has 1 amide bonds. The number of rotatable bonds is 4. The third-order valence-corrected chi connectivity index (χ3v) is 4.49. The SMILES string of the molecule is CC(C)c1nnc2n1[C@@H](C)CN(C(=O)CCc1ccccc1F)C2. The average Bonchev–Trinajstić information content (AvgIpc) is 2.98. The molecule has 6 heteroatoms. The Labute approximate surface area is 141 Å². The van der Waals surface area contributed by atoms with Crippen molar-refractivity contribution in [2.45, 2.75) is 52.1 Å². The van der Waals surface area contributed by atoms with Gasteiger partial charge in [-0.25, -0.2) is 4.39 Å². The van der Waals surface area contributed by atoms with Gasteiger partial charge in [0.15, 0.2) is 5.82 Å². The minimum absolute atomic E-state index is 0.0328. The second-order valence-corrected chi connectivity index (χ2v) is 6.71. The first kappa shape index (κ1) is 16.6. The summed E-state index contributed by atoms with van der Waals surface area (Å²) < 4.78 is 15.8. The predicted octanol–water partition coefficient (Wildman–Crippen LogP) is 3.08. The van der Waals surface area contributed by atoms with Crippen molar-refractivity contribution in [3.8, 4) is 0 Å². The number of aromatic nitrogens is 3. The van der Waals surface area contributed by atoms with Crippen LogP contribution in [0.25, 0.3) is 0 Å². The second-order valence-electron chi connectivity index (χ2n) is 6.71. The molecule has 0 unspecified atom stereocenters. The third kappa shape index (κ3) is 3.18. The fourth-order valence-corrected chi connectivity index (χ4v) is 3.25. The molecule has 5 nitrogen and oxygen atoms in total. The summed E-state index contributed by atoms with van der Waals surface area (Å²) in [5, 5.41) is 8.52. The van der Waals surface area contributed by atoms with Gasteiger partial charge < -0.3 is 9.47 Å². The minimum atomic E-state index is -0.251. The Morgan fingerprint density at radius 2 is 2.08 bits per heavy atom. The summed E-state index contributed by atoms with van der Waals surface area (Å²) in [7, 11) is 0. The van der Waals surface area contributed by atoms with Crippen molar-refractivity contribution in [1.29, 1.82) is 0 Å². The van der Waals surface area contributed by atoms with Gasteiger partial charge in [0.1, 0.15) is 11.6 Å². The molecule has 3 rings (SSSR count). The number of hydrogen-bond acceptors (Lipinski definition) is 3. The molecule has 2 aromatic rings. The first-order valence-electron chi connectivity index (χ1n) is 8.42. The van der Waals surface area contributed by atoms with Gasteiger partial charge in [0.05, 0.1) is 12.6 Å². The third-order valence-electron chi connectivity index (χ3n) is 4.49. The summed E-state index contributed by atoms with van der Waals surface area (Å²) in [4.78, 5) is 14.3. The fraction of sp³-hybridized carbons (Fsp3) is 0.500. The molecule has 0 aliphatic carbocycles. The Morgan fingerprint density at radius 1 is 1.33 bits per heavy atom. The Bertz CT molecular complexity index is 740. The first-order valence-corrected chi connectivity index (χ1v) is 8.42. The van der Waals surface area contributed by atoms with Crippen molar-refractivity contribution in [3.05, 3.63) is 47.3 Å². The highest BCUT2D eigenvalue weighted by Gasteiger charge is 2.29. The van der Waals surface area contributed by atoms with Crippen LogP contribution in [-0.2, 0) is 17.8 Å². The van der Waals surface area contributed by atoms with E-state index in [1.165, 1.54) is 6.07 Å². The standard InChI is InChI=1S/C18H23FN4O/c1-12(2)18-21-20-16-11-22(10-13(3)23(16)18)17(24)9-8-14-6-4-5-7-15(14)19/h4-7,12-13H,8-11H2,1-3H3/t13-/m0/s1. The molecule has 0 bridgehead atoms. The van der Waals surface area contributed by atoms with Gasteiger partial charge in [0.2, 0.25) is 5.91 Å². The Hall–Kier alpha value is -2.24. The van der Waals surface area contributed by atoms with Crippen LogP contribution < -0.4 is 0 Å². The monoisotopic (exact) mass is 330 g/mol. The van der Waals surface area contributed by atoms with Gasteiger partial charge in [-0.2, -0.15) is 0 Å². The quantitative estimate of drug-likeness (QED) is 0.866. The second kappa shape index (κ2) is 6.71. The molecule has 1 aromatic carbocycles. The lowest BCUT2D eigenvalue weighted by atomic mass is 10.1. The van der Waals surface area contributed by atoms with Gasteiger partial charge in [0, 0.05) is 18.9 Å². The van der Waals surface area contributed by atoms with Crippen molar-refractivity contribution < 1.29 is 9.18 Å². The van der Waals surface area contributed by atoms with Crippen LogP contribution in [0.3, 0.4) is 0 Å². The molecular weight excluding hydrogens is 307 g/mol. The predicted molar refractivity (Wildman–Crippen MR) is 89.0 cm³/mol. The van der Waals surface area contributed by atoms with Gasteiger partial charge in [-0.1, -0.05) is 32.0 Å². The number of hydrogen-bond donors (Lipinski definition) is 0. The van der Waals surface area contributed by atoms with E-state index in [2.05, 4.69) is 35.5 Å². The van der Waals surface area contributed by atoms with E-state index >= 15 is 0 Å². The maximum absolute atomic E-state index is 13.7. The molecule has 1 aromatic heterocycles. The van der Waals surface area contributed by atoms with Crippen LogP contribution in [-0.4, -0.2) is 32.1 Å². The summed E-state index contributed by atoms with van der Waals surface area (Å²) in [6.45, 7) is 7.38. The van der Waals surface area contributed by atoms with E-state index in [0.29, 0.717) is 37.4 Å². The van der Waals surface area contributed by atoms with Gasteiger partial charge >= 0.3 is 0 Å². The van der Waals surface area contributed by atoms with Crippen LogP contribution in [0.15, 0.2) is 24.3 Å². The van der Waals surface area contributed by atoms with E-state index in [4.69, 9.17) is 0 Å². The summed E-state index contributed by atoms with van der Waals surface area (Å²) >= 11 is 0. The highest BCUT2D eigenvalue weighted by molar-refractivity contribution is 5.76. The number of fused-ring (bicyclic) bond motifs is 1. The number of nitrogens with zero attached hydrogens (tertiary/aromatic N) is 4. The molecule has 2 heterocycles. The number of carbonyl (C=O) groups is 1. The number of amides is 1. The number of benzene rings is 1. The average molecular weight is 330 g/mol. The van der Waals surface area contributed by atoms with Gasteiger partial charge in [-0.05, 0) is 25.0 Å². The van der Waals surface area contributed by atoms with E-state index < -0.39 is 0 Å². The smallest absolute Gasteiger partial charge is 0.223 e. The Kier molecular flexibility index (Phi) is 4.64. The molecule has 0 spiro atoms. The molecule has 1 aliphatic rings. The molecule has 24 heavy (non-hydrogen) atoms. The van der Waals surface area contributed by atoms with E-state index in [9.17, 15) is 9.18 Å². The molecule has 0 saturated heterocycles. The normalized spacial score (nSPS) is 17.2. The van der Waals surface area contributed by atoms with Crippen LogP contribution in [0.4, 0.5) is 4.39 Å². The molecule has 1 atom stereocenters. The van der Waals surface area contributed by atoms with E-state index in [0.717, 1.165) is 11.6 Å². The maximum Gasteiger partial charge on any atom is 0.223 e. The van der Waals surface area contributed by atoms with Gasteiger partial charge in [-0.3, -0.25) is 4.79 Å². The largest absolute Gasteiger partial charge is 0.333 e. The summed E-state index contributed by atoms with van der Waals surface area (Å²) in [6, 6.07) is 6.76. The zero-order valence-corrected chi connectivity index (χ0v) is 14.4. The molecule has 128 valence electrons. The van der Waals surface area contributed by atoms with Crippen molar-refractivity contribution in [1.82, 2.24) is 19.7 Å². The van der Waals surface area contributed by atoms with Crippen LogP contribution >= 0.6 is 0 Å². The maximum atomic E-state index is 13.7. The molecule has 0 radical (unpaired) electrons. The zero-order chi connectivity index (χ0) is 17.3. The highest BCUT2D eigenvalue weighted by Crippen LogP contribution is 2.25. The summed E-state index contributed by atoms with van der Waals surface area (Å²) in [5.41, 5.74) is 0.584. The lowest BCUT2D eigenvalue weighted by Crippen LogP contribution is -2.41. The minimum Gasteiger partial charge on any atom is -0.333 e. The van der Waals surface area contributed by atoms with Gasteiger partial charge in [0.25, 0.3) is 0 Å². The van der Waals surface area contributed by atoms with E-state index in [1.54, 1.807) is 23.1 Å². The molecule has 0 fully saturated rings. The number of halogens is 1. The number of aryl methyl sites for hydroxylation is 1. The lowest BCUT2D eigenvalue weighted by Gasteiger charge is -2.33. The highest BCUT2D eigenvalue weighted by atomic mass is 19.1. The fourth-order valence-electron chi connectivity index (χ4n) is 3.25. The topological polar surface area (TPSA) is 51.0 Å². The van der Waals surface area contributed by atoms with Crippen LogP contribution in [0.1, 0.15) is 56.4 Å². The van der Waals surface area contributed by atoms with Crippen molar-refractivity contribution in [2.75, 3.05) is 6.54 Å². The lowest BCUT2D eigenvalue weighted by molar-refractivity contribution is -0.133. The molecule has 0 saturated carbocycles. The van der Waals surface area contributed by atoms with Crippen molar-refractivity contribution >= 4 is 5.91 Å². The van der Waals surface area contributed by atoms with Crippen LogP contribution in [0.2, 0.25) is 0 Å². The van der Waals surface area contributed by atoms with Gasteiger partial charge in [-0.15, -0.1) is 10.2 Å². The van der Waals surface area contributed by atoms with Crippen LogP contribution in [0.5, 0.6) is 0 Å². The molecular formula is C18H23FN4O. The Morgan fingerprint density at radius 3 is 2.79 bits per heavy atom. The van der Waals surface area contributed by atoms with E-state index in [-0.39, 0.29) is 17.8 Å². The summed E-state index contributed by atoms with van der Waals surface area (Å²) in [5.74, 6) is 1.88. The Balaban J connectivity index is 1.68. The van der Waals surface area contributed by atoms with Crippen molar-refractivity contribution in [3.63, 3.8) is 0 Å². The molecule has 1 aliphatic heterocycles. The molecule has 0 N–H and O–H groups in total. The van der Waals surface area contributed by atoms with E-state index in [1.807, 2.05) is 0 Å².